The minimum absolute atomic E-state index is 0.0871. The van der Waals surface area contributed by atoms with Gasteiger partial charge in [0.1, 0.15) is 5.69 Å². The monoisotopic (exact) mass is 312 g/mol. The lowest BCUT2D eigenvalue weighted by Crippen LogP contribution is -2.30. The predicted octanol–water partition coefficient (Wildman–Crippen LogP) is 3.53. The zero-order valence-corrected chi connectivity index (χ0v) is 15.4. The van der Waals surface area contributed by atoms with Gasteiger partial charge >= 0.3 is 0 Å². The number of hydrogen-bond acceptors (Lipinski definition) is 2. The molecular weight excluding hydrogens is 284 g/mol. The van der Waals surface area contributed by atoms with Gasteiger partial charge in [0.2, 0.25) is 0 Å². The van der Waals surface area contributed by atoms with E-state index >= 15 is 0 Å². The predicted molar refractivity (Wildman–Crippen MR) is 98.8 cm³/mol. The first kappa shape index (κ1) is 17.3. The zero-order valence-electron chi connectivity index (χ0n) is 15.4. The standard InChI is InChI=1S/C20H28N2O/c1-8-17-15(4)22(7)20(23)19(21(5)6)18(17)12-16-10-13(2)9-14(3)11-16/h9-11H,8,12H2,1-7H3. The summed E-state index contributed by atoms with van der Waals surface area (Å²) in [6, 6.07) is 6.63. The van der Waals surface area contributed by atoms with Crippen LogP contribution in [0.1, 0.15) is 40.4 Å². The van der Waals surface area contributed by atoms with Gasteiger partial charge in [-0.15, -0.1) is 0 Å². The van der Waals surface area contributed by atoms with Crippen molar-refractivity contribution in [3.8, 4) is 0 Å². The maximum atomic E-state index is 12.8. The Kier molecular flexibility index (Phi) is 4.98. The molecule has 0 aliphatic rings. The number of anilines is 1. The Morgan fingerprint density at radius 3 is 2.04 bits per heavy atom. The lowest BCUT2D eigenvalue weighted by molar-refractivity contribution is 0.781. The minimum atomic E-state index is 0.0871. The van der Waals surface area contributed by atoms with E-state index in [1.54, 1.807) is 4.57 Å². The number of nitrogens with zero attached hydrogens (tertiary/aromatic N) is 2. The minimum Gasteiger partial charge on any atom is -0.373 e. The lowest BCUT2D eigenvalue weighted by atomic mass is 9.94. The summed E-state index contributed by atoms with van der Waals surface area (Å²) in [5.41, 5.74) is 8.24. The lowest BCUT2D eigenvalue weighted by Gasteiger charge is -2.23. The molecule has 0 amide bonds. The molecule has 0 atom stereocenters. The first-order valence-corrected chi connectivity index (χ1v) is 8.22. The fourth-order valence-corrected chi connectivity index (χ4v) is 3.50. The third-order valence-corrected chi connectivity index (χ3v) is 4.56. The van der Waals surface area contributed by atoms with Crippen molar-refractivity contribution in [2.24, 2.45) is 7.05 Å². The van der Waals surface area contributed by atoms with E-state index in [4.69, 9.17) is 0 Å². The molecule has 1 aromatic carbocycles. The first-order chi connectivity index (χ1) is 10.8. The summed E-state index contributed by atoms with van der Waals surface area (Å²) in [4.78, 5) is 14.7. The van der Waals surface area contributed by atoms with Crippen molar-refractivity contribution in [1.82, 2.24) is 4.57 Å². The summed E-state index contributed by atoms with van der Waals surface area (Å²) >= 11 is 0. The number of rotatable bonds is 4. The molecule has 23 heavy (non-hydrogen) atoms. The average molecular weight is 312 g/mol. The molecule has 0 aliphatic heterocycles. The molecule has 0 aliphatic carbocycles. The van der Waals surface area contributed by atoms with Gasteiger partial charge in [0, 0.05) is 33.3 Å². The number of aromatic nitrogens is 1. The van der Waals surface area contributed by atoms with Gasteiger partial charge in [-0.25, -0.2) is 0 Å². The highest BCUT2D eigenvalue weighted by Gasteiger charge is 2.19. The van der Waals surface area contributed by atoms with Gasteiger partial charge in [-0.1, -0.05) is 36.2 Å². The Balaban J connectivity index is 2.71. The molecule has 2 rings (SSSR count). The maximum Gasteiger partial charge on any atom is 0.274 e. The molecule has 0 saturated carbocycles. The molecule has 0 radical (unpaired) electrons. The van der Waals surface area contributed by atoms with Crippen molar-refractivity contribution in [1.29, 1.82) is 0 Å². The van der Waals surface area contributed by atoms with E-state index in [2.05, 4.69) is 39.0 Å². The average Bonchev–Trinajstić information content (AvgIpc) is 2.44. The largest absolute Gasteiger partial charge is 0.373 e. The third-order valence-electron chi connectivity index (χ3n) is 4.56. The highest BCUT2D eigenvalue weighted by molar-refractivity contribution is 5.57. The topological polar surface area (TPSA) is 25.2 Å². The first-order valence-electron chi connectivity index (χ1n) is 8.22. The molecular formula is C20H28N2O. The molecule has 0 spiro atoms. The summed E-state index contributed by atoms with van der Waals surface area (Å²) in [6.07, 6.45) is 1.73. The van der Waals surface area contributed by atoms with E-state index in [1.165, 1.54) is 27.8 Å². The van der Waals surface area contributed by atoms with Crippen LogP contribution < -0.4 is 10.5 Å². The van der Waals surface area contributed by atoms with Crippen LogP contribution in [0.25, 0.3) is 0 Å². The molecule has 0 saturated heterocycles. The molecule has 3 nitrogen and oxygen atoms in total. The molecule has 0 bridgehead atoms. The third kappa shape index (κ3) is 3.34. The van der Waals surface area contributed by atoms with Gasteiger partial charge in [-0.05, 0) is 43.9 Å². The second-order valence-corrected chi connectivity index (χ2v) is 6.68. The van der Waals surface area contributed by atoms with Crippen LogP contribution in [0.2, 0.25) is 0 Å². The molecule has 2 aromatic rings. The molecule has 0 fully saturated rings. The van der Waals surface area contributed by atoms with Crippen LogP contribution in [-0.2, 0) is 19.9 Å². The molecule has 3 heteroatoms. The highest BCUT2D eigenvalue weighted by Crippen LogP contribution is 2.26. The van der Waals surface area contributed by atoms with Crippen LogP contribution in [0.4, 0.5) is 5.69 Å². The van der Waals surface area contributed by atoms with E-state index in [9.17, 15) is 4.79 Å². The van der Waals surface area contributed by atoms with Gasteiger partial charge in [0.25, 0.3) is 5.56 Å². The van der Waals surface area contributed by atoms with Gasteiger partial charge in [-0.2, -0.15) is 0 Å². The van der Waals surface area contributed by atoms with Crippen molar-refractivity contribution in [2.45, 2.75) is 40.5 Å². The van der Waals surface area contributed by atoms with Crippen LogP contribution in [0.15, 0.2) is 23.0 Å². The summed E-state index contributed by atoms with van der Waals surface area (Å²) in [6.45, 7) is 8.46. The van der Waals surface area contributed by atoms with Gasteiger partial charge in [0.15, 0.2) is 0 Å². The number of hydrogen-bond donors (Lipinski definition) is 0. The Morgan fingerprint density at radius 2 is 1.57 bits per heavy atom. The van der Waals surface area contributed by atoms with Crippen LogP contribution >= 0.6 is 0 Å². The molecule has 0 N–H and O–H groups in total. The van der Waals surface area contributed by atoms with Gasteiger partial charge in [0.05, 0.1) is 0 Å². The normalized spacial score (nSPS) is 10.9. The quantitative estimate of drug-likeness (QED) is 0.863. The van der Waals surface area contributed by atoms with E-state index < -0.39 is 0 Å². The summed E-state index contributed by atoms with van der Waals surface area (Å²) in [5, 5.41) is 0. The Labute approximate surface area is 139 Å². The number of aryl methyl sites for hydroxylation is 2. The summed E-state index contributed by atoms with van der Waals surface area (Å²) in [7, 11) is 5.78. The van der Waals surface area contributed by atoms with Crippen LogP contribution in [0.5, 0.6) is 0 Å². The number of pyridine rings is 1. The number of benzene rings is 1. The Bertz CT molecular complexity index is 765. The fraction of sp³-hybridized carbons (Fsp3) is 0.450. The molecule has 1 aromatic heterocycles. The van der Waals surface area contributed by atoms with Crippen molar-refractivity contribution in [3.63, 3.8) is 0 Å². The SMILES string of the molecule is CCc1c(Cc2cc(C)cc(C)c2)c(N(C)C)c(=O)n(C)c1C. The molecule has 0 unspecified atom stereocenters. The van der Waals surface area contributed by atoms with E-state index in [0.717, 1.165) is 24.2 Å². The van der Waals surface area contributed by atoms with Crippen LogP contribution in [0, 0.1) is 20.8 Å². The van der Waals surface area contributed by atoms with Gasteiger partial charge in [-0.3, -0.25) is 4.79 Å². The zero-order chi connectivity index (χ0) is 17.3. The second kappa shape index (κ2) is 6.61. The van der Waals surface area contributed by atoms with Crippen LogP contribution in [0.3, 0.4) is 0 Å². The van der Waals surface area contributed by atoms with Crippen molar-refractivity contribution < 1.29 is 0 Å². The van der Waals surface area contributed by atoms with Crippen LogP contribution in [-0.4, -0.2) is 18.7 Å². The van der Waals surface area contributed by atoms with Crippen molar-refractivity contribution >= 4 is 5.69 Å². The molecule has 1 heterocycles. The maximum absolute atomic E-state index is 12.8. The Hall–Kier alpha value is -2.03. The summed E-state index contributed by atoms with van der Waals surface area (Å²) < 4.78 is 1.78. The van der Waals surface area contributed by atoms with Crippen molar-refractivity contribution in [2.75, 3.05) is 19.0 Å². The smallest absolute Gasteiger partial charge is 0.274 e. The fourth-order valence-electron chi connectivity index (χ4n) is 3.50. The van der Waals surface area contributed by atoms with Crippen molar-refractivity contribution in [3.05, 3.63) is 62.1 Å². The highest BCUT2D eigenvalue weighted by atomic mass is 16.1. The summed E-state index contributed by atoms with van der Waals surface area (Å²) in [5.74, 6) is 0. The van der Waals surface area contributed by atoms with E-state index in [1.807, 2.05) is 33.0 Å². The Morgan fingerprint density at radius 1 is 1.00 bits per heavy atom. The van der Waals surface area contributed by atoms with Gasteiger partial charge < -0.3 is 9.47 Å². The second-order valence-electron chi connectivity index (χ2n) is 6.68. The van der Waals surface area contributed by atoms with E-state index in [-0.39, 0.29) is 5.56 Å². The van der Waals surface area contributed by atoms with E-state index in [0.29, 0.717) is 0 Å². The molecule has 124 valence electrons.